The molecule has 1 aromatic carbocycles. The Labute approximate surface area is 209 Å². The van der Waals surface area contributed by atoms with Crippen molar-refractivity contribution in [3.05, 3.63) is 47.5 Å². The Kier molecular flexibility index (Phi) is 9.68. The molecule has 2 heterocycles. The fraction of sp³-hybridized carbons (Fsp3) is 0.552. The van der Waals surface area contributed by atoms with E-state index in [2.05, 4.69) is 42.9 Å². The molecule has 2 aliphatic heterocycles. The Hall–Kier alpha value is -2.91. The molecule has 1 unspecified atom stereocenters. The summed E-state index contributed by atoms with van der Waals surface area (Å²) in [5.41, 5.74) is 2.61. The first kappa shape index (κ1) is 26.7. The predicted octanol–water partition coefficient (Wildman–Crippen LogP) is 4.47. The monoisotopic (exact) mass is 477 g/mol. The van der Waals surface area contributed by atoms with Crippen molar-refractivity contribution >= 4 is 17.7 Å². The molecule has 0 bridgehead atoms. The molecule has 3 amide bonds. The van der Waals surface area contributed by atoms with Crippen molar-refractivity contribution < 1.29 is 14.4 Å². The number of fused-ring (bicyclic) bond motifs is 1. The van der Waals surface area contributed by atoms with Crippen LogP contribution in [0.2, 0.25) is 0 Å². The average molecular weight is 478 g/mol. The van der Waals surface area contributed by atoms with E-state index in [0.29, 0.717) is 18.5 Å². The number of carbonyl (C=O) groups is 3. The van der Waals surface area contributed by atoms with Crippen LogP contribution in [0.4, 0.5) is 0 Å². The molecule has 0 aliphatic carbocycles. The maximum absolute atomic E-state index is 12.8. The molecule has 0 saturated carbocycles. The second-order valence-electron chi connectivity index (χ2n) is 9.64. The van der Waals surface area contributed by atoms with Crippen molar-refractivity contribution in [3.63, 3.8) is 0 Å². The highest BCUT2D eigenvalue weighted by Crippen LogP contribution is 2.28. The number of piperidine rings is 1. The normalized spacial score (nSPS) is 17.6. The van der Waals surface area contributed by atoms with Crippen molar-refractivity contribution in [1.29, 1.82) is 0 Å². The summed E-state index contributed by atoms with van der Waals surface area (Å²) >= 11 is 0. The maximum atomic E-state index is 12.8. The first-order chi connectivity index (χ1) is 16.9. The van der Waals surface area contributed by atoms with Crippen LogP contribution >= 0.6 is 0 Å². The minimum absolute atomic E-state index is 0.150. The maximum Gasteiger partial charge on any atom is 0.255 e. The van der Waals surface area contributed by atoms with Crippen LogP contribution in [0.1, 0.15) is 99.5 Å². The third kappa shape index (κ3) is 6.82. The first-order valence-corrected chi connectivity index (χ1v) is 13.1. The molecule has 1 saturated heterocycles. The van der Waals surface area contributed by atoms with Crippen molar-refractivity contribution in [2.75, 3.05) is 6.54 Å². The van der Waals surface area contributed by atoms with Gasteiger partial charge >= 0.3 is 0 Å². The number of imide groups is 1. The van der Waals surface area contributed by atoms with Crippen molar-refractivity contribution in [2.45, 2.75) is 96.2 Å². The van der Waals surface area contributed by atoms with E-state index in [9.17, 15) is 14.4 Å². The van der Waals surface area contributed by atoms with Gasteiger partial charge < -0.3 is 10.2 Å². The number of amides is 3. The van der Waals surface area contributed by atoms with Crippen LogP contribution in [0, 0.1) is 11.8 Å². The Morgan fingerprint density at radius 3 is 2.66 bits per heavy atom. The Bertz CT molecular complexity index is 1000. The van der Waals surface area contributed by atoms with E-state index in [1.165, 1.54) is 19.3 Å². The van der Waals surface area contributed by atoms with Crippen LogP contribution in [0.5, 0.6) is 0 Å². The zero-order valence-corrected chi connectivity index (χ0v) is 21.3. The molecular formula is C29H39N3O3. The average Bonchev–Trinajstić information content (AvgIpc) is 3.17. The highest BCUT2D eigenvalue weighted by atomic mass is 16.2. The molecule has 0 aromatic heterocycles. The number of carbonyl (C=O) groups excluding carboxylic acids is 3. The van der Waals surface area contributed by atoms with Gasteiger partial charge in [-0.3, -0.25) is 19.7 Å². The molecule has 0 spiro atoms. The van der Waals surface area contributed by atoms with Gasteiger partial charge in [-0.15, -0.1) is 6.58 Å². The van der Waals surface area contributed by atoms with Gasteiger partial charge in [0.2, 0.25) is 11.8 Å². The van der Waals surface area contributed by atoms with Crippen LogP contribution < -0.4 is 10.6 Å². The third-order valence-electron chi connectivity index (χ3n) is 7.37. The molecule has 35 heavy (non-hydrogen) atoms. The molecule has 188 valence electrons. The molecule has 2 aliphatic rings. The Morgan fingerprint density at radius 2 is 1.94 bits per heavy atom. The molecule has 6 nitrogen and oxygen atoms in total. The summed E-state index contributed by atoms with van der Waals surface area (Å²) in [6, 6.07) is 5.05. The highest BCUT2D eigenvalue weighted by molar-refractivity contribution is 6.05. The summed E-state index contributed by atoms with van der Waals surface area (Å²) in [5.74, 6) is 5.68. The zero-order valence-electron chi connectivity index (χ0n) is 21.3. The minimum Gasteiger partial charge on any atom is -0.322 e. The van der Waals surface area contributed by atoms with Gasteiger partial charge in [0.05, 0.1) is 0 Å². The first-order valence-electron chi connectivity index (χ1n) is 13.1. The van der Waals surface area contributed by atoms with E-state index >= 15 is 0 Å². The highest BCUT2D eigenvalue weighted by Gasteiger charge is 2.39. The number of unbranched alkanes of at least 4 members (excludes halogenated alkanes) is 4. The third-order valence-corrected chi connectivity index (χ3v) is 7.37. The summed E-state index contributed by atoms with van der Waals surface area (Å²) in [6.07, 6.45) is 11.4. The van der Waals surface area contributed by atoms with Crippen molar-refractivity contribution in [1.82, 2.24) is 15.5 Å². The lowest BCUT2D eigenvalue weighted by atomic mass is 9.89. The number of nitrogens with zero attached hydrogens (tertiary/aromatic N) is 1. The molecule has 1 fully saturated rings. The largest absolute Gasteiger partial charge is 0.322 e. The summed E-state index contributed by atoms with van der Waals surface area (Å²) in [6.45, 7) is 9.82. The van der Waals surface area contributed by atoms with E-state index in [1.54, 1.807) is 11.0 Å². The predicted molar refractivity (Wildman–Crippen MR) is 139 cm³/mol. The number of hydrogen-bond donors (Lipinski definition) is 2. The summed E-state index contributed by atoms with van der Waals surface area (Å²) in [7, 11) is 0. The fourth-order valence-electron chi connectivity index (χ4n) is 5.00. The Balaban J connectivity index is 1.40. The van der Waals surface area contributed by atoms with Gasteiger partial charge in [0, 0.05) is 36.1 Å². The molecule has 1 atom stereocenters. The van der Waals surface area contributed by atoms with Gasteiger partial charge in [-0.05, 0) is 68.8 Å². The SMILES string of the molecule is C=CCC(CC)(CC)NCCCCCCC#Cc1ccc2c(c1)CN(C1CCC(=O)NC1=O)C2=O. The summed E-state index contributed by atoms with van der Waals surface area (Å²) < 4.78 is 0. The number of rotatable bonds is 12. The second-order valence-corrected chi connectivity index (χ2v) is 9.64. The standard InChI is InChI=1S/C29H39N3O3/c1-4-18-29(5-2,6-3)30-19-12-10-8-7-9-11-13-22-14-15-24-23(20-22)21-32(28(24)35)25-16-17-26(33)31-27(25)34/h4,14-15,20,25,30H,1,5-10,12,16-19,21H2,2-3H3,(H,31,33,34). The zero-order chi connectivity index (χ0) is 25.3. The van der Waals surface area contributed by atoms with Crippen LogP contribution in [0.3, 0.4) is 0 Å². The van der Waals surface area contributed by atoms with Gasteiger partial charge in [-0.25, -0.2) is 0 Å². The van der Waals surface area contributed by atoms with Crippen LogP contribution in [-0.2, 0) is 16.1 Å². The lowest BCUT2D eigenvalue weighted by Gasteiger charge is -2.32. The lowest BCUT2D eigenvalue weighted by molar-refractivity contribution is -0.136. The molecule has 2 N–H and O–H groups in total. The van der Waals surface area contributed by atoms with E-state index in [0.717, 1.165) is 49.8 Å². The van der Waals surface area contributed by atoms with E-state index < -0.39 is 6.04 Å². The Morgan fingerprint density at radius 1 is 1.17 bits per heavy atom. The van der Waals surface area contributed by atoms with E-state index in [1.807, 2.05) is 18.2 Å². The summed E-state index contributed by atoms with van der Waals surface area (Å²) in [4.78, 5) is 37.9. The van der Waals surface area contributed by atoms with Crippen molar-refractivity contribution in [2.24, 2.45) is 0 Å². The molecule has 3 rings (SSSR count). The molecule has 1 aromatic rings. The van der Waals surface area contributed by atoms with Crippen molar-refractivity contribution in [3.8, 4) is 11.8 Å². The second kappa shape index (κ2) is 12.7. The van der Waals surface area contributed by atoms with Gasteiger partial charge in [0.25, 0.3) is 5.91 Å². The minimum atomic E-state index is -0.584. The molecule has 6 heteroatoms. The van der Waals surface area contributed by atoms with Gasteiger partial charge in [0.15, 0.2) is 0 Å². The van der Waals surface area contributed by atoms with E-state index in [4.69, 9.17) is 0 Å². The number of nitrogens with one attached hydrogen (secondary N) is 2. The van der Waals surface area contributed by atoms with Crippen LogP contribution in [0.15, 0.2) is 30.9 Å². The molecular weight excluding hydrogens is 438 g/mol. The quantitative estimate of drug-likeness (QED) is 0.201. The number of hydrogen-bond acceptors (Lipinski definition) is 4. The lowest BCUT2D eigenvalue weighted by Crippen LogP contribution is -2.52. The topological polar surface area (TPSA) is 78.5 Å². The van der Waals surface area contributed by atoms with Crippen LogP contribution in [-0.4, -0.2) is 40.7 Å². The molecule has 0 radical (unpaired) electrons. The van der Waals surface area contributed by atoms with Gasteiger partial charge in [0.1, 0.15) is 6.04 Å². The van der Waals surface area contributed by atoms with E-state index in [-0.39, 0.29) is 29.7 Å². The smallest absolute Gasteiger partial charge is 0.255 e. The summed E-state index contributed by atoms with van der Waals surface area (Å²) in [5, 5.41) is 6.08. The van der Waals surface area contributed by atoms with Gasteiger partial charge in [-0.1, -0.05) is 44.6 Å². The van der Waals surface area contributed by atoms with Crippen LogP contribution in [0.25, 0.3) is 0 Å². The van der Waals surface area contributed by atoms with Gasteiger partial charge in [-0.2, -0.15) is 0 Å². The number of benzene rings is 1. The fourth-order valence-corrected chi connectivity index (χ4v) is 5.00.